The van der Waals surface area contributed by atoms with Crippen LogP contribution in [0.15, 0.2) is 24.3 Å². The van der Waals surface area contributed by atoms with Gasteiger partial charge in [0.25, 0.3) is 5.91 Å². The van der Waals surface area contributed by atoms with Crippen LogP contribution in [-0.2, 0) is 11.3 Å². The highest BCUT2D eigenvalue weighted by Crippen LogP contribution is 2.26. The molecule has 2 rings (SSSR count). The molecule has 1 fully saturated rings. The number of benzene rings is 1. The molecule has 0 aromatic heterocycles. The molecule has 5 heteroatoms. The fraction of sp³-hybridized carbons (Fsp3) is 0.579. The largest absolute Gasteiger partial charge is 0.352 e. The van der Waals surface area contributed by atoms with Gasteiger partial charge in [-0.1, -0.05) is 25.5 Å². The minimum absolute atomic E-state index is 0.0341. The number of nitrogens with two attached hydrogens (primary N) is 1. The molecule has 132 valence electrons. The van der Waals surface area contributed by atoms with Crippen LogP contribution in [0, 0.1) is 5.92 Å². The molecule has 0 heterocycles. The van der Waals surface area contributed by atoms with Crippen LogP contribution < -0.4 is 16.4 Å². The van der Waals surface area contributed by atoms with Gasteiger partial charge in [-0.2, -0.15) is 0 Å². The van der Waals surface area contributed by atoms with Crippen molar-refractivity contribution in [3.8, 4) is 0 Å². The second kappa shape index (κ2) is 8.83. The van der Waals surface area contributed by atoms with Gasteiger partial charge in [0.15, 0.2) is 0 Å². The van der Waals surface area contributed by atoms with Gasteiger partial charge >= 0.3 is 0 Å². The minimum Gasteiger partial charge on any atom is -0.352 e. The van der Waals surface area contributed by atoms with E-state index < -0.39 is 0 Å². The molecule has 1 aliphatic carbocycles. The van der Waals surface area contributed by atoms with Gasteiger partial charge in [0, 0.05) is 30.6 Å². The Labute approximate surface area is 144 Å². The van der Waals surface area contributed by atoms with E-state index in [0.29, 0.717) is 24.4 Å². The Hall–Kier alpha value is -1.88. The van der Waals surface area contributed by atoms with E-state index in [4.69, 9.17) is 5.73 Å². The summed E-state index contributed by atoms with van der Waals surface area (Å²) in [5.41, 5.74) is 7.57. The number of nitrogens with one attached hydrogen (secondary N) is 2. The van der Waals surface area contributed by atoms with Gasteiger partial charge in [0.2, 0.25) is 5.91 Å². The van der Waals surface area contributed by atoms with Gasteiger partial charge in [-0.15, -0.1) is 0 Å². The SMILES string of the molecule is CCC(C)NC(=O)c1cccc(CNC(=O)C[C@@H]2CCC[C@H]2N)c1. The summed E-state index contributed by atoms with van der Waals surface area (Å²) in [5, 5.41) is 5.89. The maximum atomic E-state index is 12.2. The maximum Gasteiger partial charge on any atom is 0.251 e. The normalized spacial score (nSPS) is 21.3. The molecular formula is C19H29N3O2. The van der Waals surface area contributed by atoms with Crippen LogP contribution in [0.3, 0.4) is 0 Å². The van der Waals surface area contributed by atoms with Crippen molar-refractivity contribution in [1.29, 1.82) is 0 Å². The third kappa shape index (κ3) is 5.34. The average molecular weight is 331 g/mol. The van der Waals surface area contributed by atoms with Crippen LogP contribution in [-0.4, -0.2) is 23.9 Å². The molecule has 0 bridgehead atoms. The molecule has 1 aromatic carbocycles. The lowest BCUT2D eigenvalue weighted by Crippen LogP contribution is -2.32. The van der Waals surface area contributed by atoms with Gasteiger partial charge in [-0.3, -0.25) is 9.59 Å². The summed E-state index contributed by atoms with van der Waals surface area (Å²) in [6, 6.07) is 7.70. The molecule has 1 unspecified atom stereocenters. The first kappa shape index (κ1) is 18.5. The Kier molecular flexibility index (Phi) is 6.79. The van der Waals surface area contributed by atoms with Gasteiger partial charge < -0.3 is 16.4 Å². The van der Waals surface area contributed by atoms with Gasteiger partial charge in [0.1, 0.15) is 0 Å². The molecule has 0 saturated heterocycles. The third-order valence-corrected chi connectivity index (χ3v) is 4.83. The summed E-state index contributed by atoms with van der Waals surface area (Å²) in [4.78, 5) is 24.2. The zero-order chi connectivity index (χ0) is 17.5. The molecule has 5 nitrogen and oxygen atoms in total. The summed E-state index contributed by atoms with van der Waals surface area (Å²) in [6.45, 7) is 4.45. The Bertz CT molecular complexity index is 573. The number of rotatable bonds is 7. The molecule has 0 radical (unpaired) electrons. The van der Waals surface area contributed by atoms with E-state index in [-0.39, 0.29) is 23.9 Å². The molecular weight excluding hydrogens is 302 g/mol. The quantitative estimate of drug-likeness (QED) is 0.717. The Balaban J connectivity index is 1.85. The number of carbonyl (C=O) groups excluding carboxylic acids is 2. The first-order chi connectivity index (χ1) is 11.5. The second-order valence-electron chi connectivity index (χ2n) is 6.82. The highest BCUT2D eigenvalue weighted by atomic mass is 16.2. The van der Waals surface area contributed by atoms with E-state index in [1.54, 1.807) is 6.07 Å². The van der Waals surface area contributed by atoms with Crippen LogP contribution >= 0.6 is 0 Å². The summed E-state index contributed by atoms with van der Waals surface area (Å²) in [5.74, 6) is 0.263. The highest BCUT2D eigenvalue weighted by Gasteiger charge is 2.25. The predicted molar refractivity (Wildman–Crippen MR) is 95.4 cm³/mol. The smallest absolute Gasteiger partial charge is 0.251 e. The lowest BCUT2D eigenvalue weighted by Gasteiger charge is -2.15. The van der Waals surface area contributed by atoms with Gasteiger partial charge in [0.05, 0.1) is 0 Å². The standard InChI is InChI=1S/C19H29N3O2/c1-3-13(2)22-19(24)16-8-4-6-14(10-16)12-21-18(23)11-15-7-5-9-17(15)20/h4,6,8,10,13,15,17H,3,5,7,9,11-12,20H2,1-2H3,(H,21,23)(H,22,24)/t13?,15-,17+/m0/s1. The van der Waals surface area contributed by atoms with E-state index in [9.17, 15) is 9.59 Å². The molecule has 1 saturated carbocycles. The van der Waals surface area contributed by atoms with E-state index in [1.165, 1.54) is 0 Å². The minimum atomic E-state index is -0.0746. The molecule has 0 spiro atoms. The molecule has 4 N–H and O–H groups in total. The molecule has 0 aliphatic heterocycles. The van der Waals surface area contributed by atoms with E-state index in [2.05, 4.69) is 10.6 Å². The monoisotopic (exact) mass is 331 g/mol. The average Bonchev–Trinajstić information content (AvgIpc) is 2.98. The summed E-state index contributed by atoms with van der Waals surface area (Å²) < 4.78 is 0. The maximum absolute atomic E-state index is 12.2. The predicted octanol–water partition coefficient (Wildman–Crippen LogP) is 2.35. The van der Waals surface area contributed by atoms with Crippen molar-refractivity contribution in [2.24, 2.45) is 11.7 Å². The zero-order valence-corrected chi connectivity index (χ0v) is 14.7. The fourth-order valence-electron chi connectivity index (χ4n) is 3.06. The fourth-order valence-corrected chi connectivity index (χ4v) is 3.06. The Morgan fingerprint density at radius 2 is 2.12 bits per heavy atom. The van der Waals surface area contributed by atoms with Gasteiger partial charge in [-0.05, 0) is 49.8 Å². The topological polar surface area (TPSA) is 84.2 Å². The van der Waals surface area contributed by atoms with E-state index in [0.717, 1.165) is 31.2 Å². The lowest BCUT2D eigenvalue weighted by atomic mass is 10.00. The molecule has 3 atom stereocenters. The number of amides is 2. The van der Waals surface area contributed by atoms with Crippen molar-refractivity contribution in [3.63, 3.8) is 0 Å². The third-order valence-electron chi connectivity index (χ3n) is 4.83. The first-order valence-corrected chi connectivity index (χ1v) is 8.91. The van der Waals surface area contributed by atoms with Crippen molar-refractivity contribution >= 4 is 11.8 Å². The van der Waals surface area contributed by atoms with E-state index in [1.807, 2.05) is 32.0 Å². The summed E-state index contributed by atoms with van der Waals surface area (Å²) in [6.07, 6.45) is 4.57. The molecule has 1 aliphatic rings. The second-order valence-corrected chi connectivity index (χ2v) is 6.82. The van der Waals surface area contributed by atoms with Gasteiger partial charge in [-0.25, -0.2) is 0 Å². The van der Waals surface area contributed by atoms with Crippen LogP contribution in [0.4, 0.5) is 0 Å². The van der Waals surface area contributed by atoms with Crippen LogP contribution in [0.1, 0.15) is 61.9 Å². The Morgan fingerprint density at radius 3 is 2.79 bits per heavy atom. The van der Waals surface area contributed by atoms with Crippen LogP contribution in [0.5, 0.6) is 0 Å². The molecule has 1 aromatic rings. The number of hydrogen-bond acceptors (Lipinski definition) is 3. The van der Waals surface area contributed by atoms with Crippen molar-refractivity contribution in [3.05, 3.63) is 35.4 Å². The molecule has 24 heavy (non-hydrogen) atoms. The zero-order valence-electron chi connectivity index (χ0n) is 14.7. The molecule has 2 amide bonds. The number of hydrogen-bond donors (Lipinski definition) is 3. The van der Waals surface area contributed by atoms with E-state index >= 15 is 0 Å². The van der Waals surface area contributed by atoms with Crippen molar-refractivity contribution in [1.82, 2.24) is 10.6 Å². The first-order valence-electron chi connectivity index (χ1n) is 8.91. The van der Waals surface area contributed by atoms with Crippen molar-refractivity contribution in [2.75, 3.05) is 0 Å². The van der Waals surface area contributed by atoms with Crippen LogP contribution in [0.2, 0.25) is 0 Å². The lowest BCUT2D eigenvalue weighted by molar-refractivity contribution is -0.122. The summed E-state index contributed by atoms with van der Waals surface area (Å²) >= 11 is 0. The Morgan fingerprint density at radius 1 is 1.33 bits per heavy atom. The van der Waals surface area contributed by atoms with Crippen molar-refractivity contribution in [2.45, 2.75) is 64.6 Å². The summed E-state index contributed by atoms with van der Waals surface area (Å²) in [7, 11) is 0. The van der Waals surface area contributed by atoms with Crippen LogP contribution in [0.25, 0.3) is 0 Å². The van der Waals surface area contributed by atoms with Crippen molar-refractivity contribution < 1.29 is 9.59 Å². The number of carbonyl (C=O) groups is 2. The highest BCUT2D eigenvalue weighted by molar-refractivity contribution is 5.94.